The molecule has 2 aromatic carbocycles. The van der Waals surface area contributed by atoms with Gasteiger partial charge in [0.1, 0.15) is 17.8 Å². The third-order valence-electron chi connectivity index (χ3n) is 5.66. The second-order valence-electron chi connectivity index (χ2n) is 8.32. The van der Waals surface area contributed by atoms with Gasteiger partial charge in [-0.25, -0.2) is 4.79 Å². The van der Waals surface area contributed by atoms with Gasteiger partial charge in [-0.2, -0.15) is 0 Å². The predicted molar refractivity (Wildman–Crippen MR) is 119 cm³/mol. The zero-order valence-corrected chi connectivity index (χ0v) is 18.7. The zero-order chi connectivity index (χ0) is 22.8. The van der Waals surface area contributed by atoms with Crippen molar-refractivity contribution in [1.29, 1.82) is 0 Å². The fourth-order valence-corrected chi connectivity index (χ4v) is 3.95. The van der Waals surface area contributed by atoms with Gasteiger partial charge in [-0.15, -0.1) is 0 Å². The highest BCUT2D eigenvalue weighted by Crippen LogP contribution is 2.25. The van der Waals surface area contributed by atoms with Gasteiger partial charge in [-0.05, 0) is 69.4 Å². The van der Waals surface area contributed by atoms with Crippen LogP contribution in [0, 0.1) is 20.8 Å². The maximum absolute atomic E-state index is 13.0. The van der Waals surface area contributed by atoms with Gasteiger partial charge < -0.3 is 15.4 Å². The summed E-state index contributed by atoms with van der Waals surface area (Å²) in [5, 5.41) is 5.60. The first-order chi connectivity index (χ1) is 14.6. The molecular formula is C24H29N3O4. The number of carbonyl (C=O) groups excluding carboxylic acids is 3. The summed E-state index contributed by atoms with van der Waals surface area (Å²) in [6.07, 6.45) is 1.03. The average Bonchev–Trinajstić information content (AvgIpc) is 2.93. The van der Waals surface area contributed by atoms with Crippen LogP contribution in [0.1, 0.15) is 35.6 Å². The molecule has 2 N–H and O–H groups in total. The first-order valence-corrected chi connectivity index (χ1v) is 10.3. The van der Waals surface area contributed by atoms with Crippen LogP contribution in [0.3, 0.4) is 0 Å². The fraction of sp³-hybridized carbons (Fsp3) is 0.375. The molecule has 7 nitrogen and oxygen atoms in total. The number of urea groups is 1. The Labute approximate surface area is 182 Å². The van der Waals surface area contributed by atoms with Gasteiger partial charge in [0.25, 0.3) is 5.91 Å². The summed E-state index contributed by atoms with van der Waals surface area (Å²) in [6, 6.07) is 11.0. The van der Waals surface area contributed by atoms with Crippen LogP contribution >= 0.6 is 0 Å². The number of carbonyl (C=O) groups is 3. The Morgan fingerprint density at radius 1 is 1.10 bits per heavy atom. The smallest absolute Gasteiger partial charge is 0.325 e. The van der Waals surface area contributed by atoms with Crippen molar-refractivity contribution in [2.75, 3.05) is 19.0 Å². The van der Waals surface area contributed by atoms with Crippen molar-refractivity contribution in [2.24, 2.45) is 0 Å². The monoisotopic (exact) mass is 423 g/mol. The van der Waals surface area contributed by atoms with Crippen LogP contribution in [0.25, 0.3) is 0 Å². The number of nitrogens with zero attached hydrogens (tertiary/aromatic N) is 1. The molecule has 0 aliphatic carbocycles. The highest BCUT2D eigenvalue weighted by molar-refractivity contribution is 6.10. The fourth-order valence-electron chi connectivity index (χ4n) is 3.95. The van der Waals surface area contributed by atoms with E-state index in [0.29, 0.717) is 18.5 Å². The first-order valence-electron chi connectivity index (χ1n) is 10.3. The van der Waals surface area contributed by atoms with Crippen molar-refractivity contribution in [1.82, 2.24) is 10.2 Å². The summed E-state index contributed by atoms with van der Waals surface area (Å²) in [5.74, 6) is -0.0343. The highest BCUT2D eigenvalue weighted by atomic mass is 16.5. The van der Waals surface area contributed by atoms with Gasteiger partial charge >= 0.3 is 6.03 Å². The highest BCUT2D eigenvalue weighted by Gasteiger charge is 2.47. The second kappa shape index (κ2) is 8.79. The molecule has 0 saturated carbocycles. The molecule has 7 heteroatoms. The zero-order valence-electron chi connectivity index (χ0n) is 18.7. The minimum atomic E-state index is -1.05. The third kappa shape index (κ3) is 4.87. The molecule has 1 atom stereocenters. The van der Waals surface area contributed by atoms with Crippen molar-refractivity contribution in [3.05, 3.63) is 58.7 Å². The van der Waals surface area contributed by atoms with Crippen LogP contribution in [0.4, 0.5) is 10.5 Å². The van der Waals surface area contributed by atoms with Crippen LogP contribution in [-0.2, 0) is 16.0 Å². The van der Waals surface area contributed by atoms with Crippen LogP contribution < -0.4 is 15.4 Å². The average molecular weight is 424 g/mol. The van der Waals surface area contributed by atoms with Gasteiger partial charge in [0.2, 0.25) is 5.91 Å². The molecule has 4 amide bonds. The van der Waals surface area contributed by atoms with E-state index >= 15 is 0 Å². The number of ether oxygens (including phenoxy) is 1. The number of aryl methyl sites for hydroxylation is 4. The lowest BCUT2D eigenvalue weighted by molar-refractivity contribution is -0.133. The second-order valence-corrected chi connectivity index (χ2v) is 8.32. The lowest BCUT2D eigenvalue weighted by atomic mass is 9.93. The largest absolute Gasteiger partial charge is 0.497 e. The molecule has 1 unspecified atom stereocenters. The van der Waals surface area contributed by atoms with E-state index in [1.54, 1.807) is 14.0 Å². The number of anilines is 1. The summed E-state index contributed by atoms with van der Waals surface area (Å²) >= 11 is 0. The van der Waals surface area contributed by atoms with Crippen LogP contribution in [-0.4, -0.2) is 41.9 Å². The number of hydrogen-bond donors (Lipinski definition) is 2. The molecular weight excluding hydrogens is 394 g/mol. The third-order valence-corrected chi connectivity index (χ3v) is 5.66. The summed E-state index contributed by atoms with van der Waals surface area (Å²) in [7, 11) is 1.61. The Hall–Kier alpha value is -3.35. The summed E-state index contributed by atoms with van der Waals surface area (Å²) in [6.45, 7) is 7.20. The van der Waals surface area contributed by atoms with Crippen molar-refractivity contribution in [3.63, 3.8) is 0 Å². The van der Waals surface area contributed by atoms with Crippen molar-refractivity contribution < 1.29 is 19.1 Å². The molecule has 31 heavy (non-hydrogen) atoms. The van der Waals surface area contributed by atoms with Crippen molar-refractivity contribution >= 4 is 23.5 Å². The lowest BCUT2D eigenvalue weighted by Gasteiger charge is -2.22. The number of amides is 4. The first kappa shape index (κ1) is 22.3. The molecule has 0 spiro atoms. The topological polar surface area (TPSA) is 87.7 Å². The van der Waals surface area contributed by atoms with Crippen LogP contribution in [0.15, 0.2) is 36.4 Å². The van der Waals surface area contributed by atoms with Gasteiger partial charge in [0.15, 0.2) is 0 Å². The summed E-state index contributed by atoms with van der Waals surface area (Å²) in [4.78, 5) is 39.0. The normalized spacial score (nSPS) is 18.2. The quantitative estimate of drug-likeness (QED) is 0.667. The van der Waals surface area contributed by atoms with E-state index in [9.17, 15) is 14.4 Å². The molecule has 1 fully saturated rings. The standard InChI is InChI=1S/C24H29N3O4/c1-15-12-16(2)21(17(3)13-15)25-20(28)14-27-22(29)24(4,26-23(27)30)11-10-18-6-8-19(31-5)9-7-18/h6-9,12-13H,10-11,14H2,1-5H3,(H,25,28)(H,26,30). The van der Waals surface area contributed by atoms with Gasteiger partial charge in [-0.3, -0.25) is 14.5 Å². The maximum Gasteiger partial charge on any atom is 0.325 e. The van der Waals surface area contributed by atoms with Crippen LogP contribution in [0.2, 0.25) is 0 Å². The summed E-state index contributed by atoms with van der Waals surface area (Å²) < 4.78 is 5.16. The SMILES string of the molecule is COc1ccc(CCC2(C)NC(=O)N(CC(=O)Nc3c(C)cc(C)cc3C)C2=O)cc1. The number of methoxy groups -OCH3 is 1. The minimum absolute atomic E-state index is 0.324. The molecule has 2 aromatic rings. The number of hydrogen-bond acceptors (Lipinski definition) is 4. The number of nitrogens with one attached hydrogen (secondary N) is 2. The van der Waals surface area contributed by atoms with Gasteiger partial charge in [0, 0.05) is 5.69 Å². The van der Waals surface area contributed by atoms with E-state index < -0.39 is 23.4 Å². The van der Waals surface area contributed by atoms with E-state index in [0.717, 1.165) is 32.9 Å². The van der Waals surface area contributed by atoms with E-state index in [1.165, 1.54) is 0 Å². The molecule has 0 aromatic heterocycles. The summed E-state index contributed by atoms with van der Waals surface area (Å²) in [5.41, 5.74) is 3.68. The Morgan fingerprint density at radius 2 is 1.71 bits per heavy atom. The van der Waals surface area contributed by atoms with Crippen molar-refractivity contribution in [3.8, 4) is 5.75 Å². The number of rotatable bonds is 7. The molecule has 1 heterocycles. The van der Waals surface area contributed by atoms with Gasteiger partial charge in [0.05, 0.1) is 7.11 Å². The van der Waals surface area contributed by atoms with Crippen molar-refractivity contribution in [2.45, 2.75) is 46.1 Å². The van der Waals surface area contributed by atoms with Crippen LogP contribution in [0.5, 0.6) is 5.75 Å². The Bertz CT molecular complexity index is 993. The minimum Gasteiger partial charge on any atom is -0.497 e. The molecule has 1 saturated heterocycles. The molecule has 164 valence electrons. The Morgan fingerprint density at radius 3 is 2.29 bits per heavy atom. The molecule has 1 aliphatic heterocycles. The van der Waals surface area contributed by atoms with E-state index in [1.807, 2.05) is 57.2 Å². The van der Waals surface area contributed by atoms with Gasteiger partial charge in [-0.1, -0.05) is 29.8 Å². The molecule has 0 radical (unpaired) electrons. The van der Waals surface area contributed by atoms with E-state index in [4.69, 9.17) is 4.74 Å². The van der Waals surface area contributed by atoms with E-state index in [-0.39, 0.29) is 6.54 Å². The molecule has 0 bridgehead atoms. The molecule has 3 rings (SSSR count). The van der Waals surface area contributed by atoms with E-state index in [2.05, 4.69) is 10.6 Å². The predicted octanol–water partition coefficient (Wildman–Crippen LogP) is 3.50. The maximum atomic E-state index is 13.0. The Kier molecular flexibility index (Phi) is 6.34. The number of benzene rings is 2. The molecule has 1 aliphatic rings. The number of imide groups is 1. The Balaban J connectivity index is 1.64. The lowest BCUT2D eigenvalue weighted by Crippen LogP contribution is -2.45.